The van der Waals surface area contributed by atoms with E-state index in [0.717, 1.165) is 6.08 Å². The minimum atomic E-state index is -0.981. The molecule has 0 fully saturated rings. The molecule has 4 nitrogen and oxygen atoms in total. The molecule has 0 aliphatic heterocycles. The normalized spacial score (nSPS) is 7.00. The van der Waals surface area contributed by atoms with E-state index in [9.17, 15) is 4.79 Å². The predicted molar refractivity (Wildman–Crippen MR) is 46.2 cm³/mol. The number of hydrogen-bond acceptors (Lipinski definition) is 3. The van der Waals surface area contributed by atoms with E-state index in [-0.39, 0.29) is 5.17 Å². The summed E-state index contributed by atoms with van der Waals surface area (Å²) in [5, 5.41) is 7.73. The lowest BCUT2D eigenvalue weighted by molar-refractivity contribution is -0.131. The van der Waals surface area contributed by atoms with Crippen LogP contribution in [0.4, 0.5) is 0 Å². The summed E-state index contributed by atoms with van der Waals surface area (Å²) in [6.45, 7) is 5.36. The van der Waals surface area contributed by atoms with Crippen LogP contribution in [0.25, 0.3) is 0 Å². The lowest BCUT2D eigenvalue weighted by Gasteiger charge is -1.93. The van der Waals surface area contributed by atoms with E-state index in [4.69, 9.17) is 10.8 Å². The van der Waals surface area contributed by atoms with Crippen molar-refractivity contribution < 1.29 is 14.6 Å². The highest BCUT2D eigenvalue weighted by atomic mass is 32.1. The van der Waals surface area contributed by atoms with E-state index in [1.54, 1.807) is 0 Å². The van der Waals surface area contributed by atoms with Crippen LogP contribution in [0.5, 0.6) is 0 Å². The van der Waals surface area contributed by atoms with Crippen LogP contribution in [0, 0.1) is 0 Å². The number of carboxylic acids is 1. The highest BCUT2D eigenvalue weighted by molar-refractivity contribution is 7.80. The summed E-state index contributed by atoms with van der Waals surface area (Å²) in [6, 6.07) is 0. The lowest BCUT2D eigenvalue weighted by atomic mass is 10.7. The highest BCUT2D eigenvalue weighted by Gasteiger charge is 1.76. The first-order chi connectivity index (χ1) is 5.04. The van der Waals surface area contributed by atoms with E-state index >= 15 is 0 Å². The molecule has 0 aromatic rings. The van der Waals surface area contributed by atoms with Gasteiger partial charge in [0, 0.05) is 6.08 Å². The molecule has 3 N–H and O–H groups in total. The third-order valence-electron chi connectivity index (χ3n) is 0.461. The van der Waals surface area contributed by atoms with Gasteiger partial charge in [-0.15, -0.1) is 0 Å². The largest absolute Gasteiger partial charge is 0.478 e. The number of rotatable bonds is 2. The molecule has 0 bridgehead atoms. The quantitative estimate of drug-likeness (QED) is 0.475. The van der Waals surface area contributed by atoms with E-state index in [1.807, 2.05) is 6.92 Å². The molecule has 0 aliphatic carbocycles. The lowest BCUT2D eigenvalue weighted by Crippen LogP contribution is -2.11. The highest BCUT2D eigenvalue weighted by Crippen LogP contribution is 1.67. The molecule has 0 radical (unpaired) electrons. The van der Waals surface area contributed by atoms with Crippen molar-refractivity contribution in [2.24, 2.45) is 5.73 Å². The van der Waals surface area contributed by atoms with Gasteiger partial charge in [-0.3, -0.25) is 0 Å². The SMILES string of the molecule is C=CC(=O)O.CCOC(N)=S. The molecule has 0 unspecified atom stereocenters. The van der Waals surface area contributed by atoms with E-state index < -0.39 is 5.97 Å². The summed E-state index contributed by atoms with van der Waals surface area (Å²) < 4.78 is 4.55. The zero-order valence-electron chi connectivity index (χ0n) is 6.24. The van der Waals surface area contributed by atoms with Crippen molar-refractivity contribution in [3.05, 3.63) is 12.7 Å². The van der Waals surface area contributed by atoms with Crippen LogP contribution in [0.2, 0.25) is 0 Å². The molecule has 0 atom stereocenters. The smallest absolute Gasteiger partial charge is 0.327 e. The van der Waals surface area contributed by atoms with Crippen molar-refractivity contribution >= 4 is 23.4 Å². The second-order valence-electron chi connectivity index (χ2n) is 1.29. The number of carboxylic acid groups (broad SMARTS) is 1. The Morgan fingerprint density at radius 1 is 1.91 bits per heavy atom. The van der Waals surface area contributed by atoms with Crippen molar-refractivity contribution in [1.29, 1.82) is 0 Å². The molecular formula is C6H11NO3S. The molecule has 64 valence electrons. The Morgan fingerprint density at radius 3 is 2.27 bits per heavy atom. The average molecular weight is 177 g/mol. The van der Waals surface area contributed by atoms with Gasteiger partial charge in [-0.1, -0.05) is 6.58 Å². The molecule has 11 heavy (non-hydrogen) atoms. The number of ether oxygens (including phenoxy) is 1. The Kier molecular flexibility index (Phi) is 10.2. The van der Waals surface area contributed by atoms with Crippen LogP contribution in [-0.4, -0.2) is 22.9 Å². The first-order valence-corrected chi connectivity index (χ1v) is 3.23. The fourth-order valence-corrected chi connectivity index (χ4v) is 0.260. The molecule has 0 aromatic heterocycles. The summed E-state index contributed by atoms with van der Waals surface area (Å²) in [7, 11) is 0. The van der Waals surface area contributed by atoms with Gasteiger partial charge in [0.1, 0.15) is 0 Å². The van der Waals surface area contributed by atoms with Crippen LogP contribution in [0.3, 0.4) is 0 Å². The van der Waals surface area contributed by atoms with Crippen LogP contribution in [-0.2, 0) is 9.53 Å². The molecule has 5 heteroatoms. The fraction of sp³-hybridized carbons (Fsp3) is 0.333. The third-order valence-corrected chi connectivity index (χ3v) is 0.579. The summed E-state index contributed by atoms with van der Waals surface area (Å²) in [5.74, 6) is -0.981. The van der Waals surface area contributed by atoms with Crippen LogP contribution in [0.1, 0.15) is 6.92 Å². The minimum Gasteiger partial charge on any atom is -0.478 e. The van der Waals surface area contributed by atoms with E-state index in [1.165, 1.54) is 0 Å². The summed E-state index contributed by atoms with van der Waals surface area (Å²) in [4.78, 5) is 9.25. The van der Waals surface area contributed by atoms with Crippen molar-refractivity contribution in [1.82, 2.24) is 0 Å². The molecule has 0 saturated heterocycles. The zero-order chi connectivity index (χ0) is 9.28. The molecule has 0 aromatic carbocycles. The number of carbonyl (C=O) groups is 1. The second-order valence-corrected chi connectivity index (χ2v) is 1.70. The Bertz CT molecular complexity index is 147. The number of nitrogens with two attached hydrogens (primary N) is 1. The van der Waals surface area contributed by atoms with Crippen LogP contribution in [0.15, 0.2) is 12.7 Å². The maximum absolute atomic E-state index is 9.25. The number of thiocarbonyl (C=S) groups is 1. The van der Waals surface area contributed by atoms with E-state index in [0.29, 0.717) is 6.61 Å². The van der Waals surface area contributed by atoms with Gasteiger partial charge < -0.3 is 15.6 Å². The van der Waals surface area contributed by atoms with Crippen molar-refractivity contribution in [2.75, 3.05) is 6.61 Å². The predicted octanol–water partition coefficient (Wildman–Crippen LogP) is 0.523. The average Bonchev–Trinajstić information content (AvgIpc) is 1.89. The number of aliphatic carboxylic acids is 1. The van der Waals surface area contributed by atoms with Crippen LogP contribution < -0.4 is 5.73 Å². The van der Waals surface area contributed by atoms with Gasteiger partial charge in [-0.05, 0) is 19.1 Å². The Morgan fingerprint density at radius 2 is 2.27 bits per heavy atom. The van der Waals surface area contributed by atoms with Gasteiger partial charge in [0.25, 0.3) is 5.17 Å². The van der Waals surface area contributed by atoms with Gasteiger partial charge in [0.15, 0.2) is 0 Å². The van der Waals surface area contributed by atoms with Crippen molar-refractivity contribution in [3.8, 4) is 0 Å². The maximum Gasteiger partial charge on any atom is 0.327 e. The molecule has 0 spiro atoms. The van der Waals surface area contributed by atoms with Gasteiger partial charge in [0.2, 0.25) is 0 Å². The van der Waals surface area contributed by atoms with E-state index in [2.05, 4.69) is 23.5 Å². The molecular weight excluding hydrogens is 166 g/mol. The Hall–Kier alpha value is -1.10. The first kappa shape index (κ1) is 12.6. The molecule has 0 aliphatic rings. The zero-order valence-corrected chi connectivity index (χ0v) is 7.06. The van der Waals surface area contributed by atoms with Gasteiger partial charge in [-0.25, -0.2) is 4.79 Å². The van der Waals surface area contributed by atoms with Crippen LogP contribution >= 0.6 is 12.2 Å². The number of hydrogen-bond donors (Lipinski definition) is 2. The summed E-state index contributed by atoms with van der Waals surface area (Å²) in [5.41, 5.74) is 4.91. The third kappa shape index (κ3) is 27.9. The molecule has 0 amide bonds. The van der Waals surface area contributed by atoms with Gasteiger partial charge >= 0.3 is 5.97 Å². The van der Waals surface area contributed by atoms with Gasteiger partial charge in [-0.2, -0.15) is 0 Å². The Labute approximate surface area is 70.6 Å². The first-order valence-electron chi connectivity index (χ1n) is 2.82. The fourth-order valence-electron chi connectivity index (χ4n) is 0.142. The Balaban J connectivity index is 0. The van der Waals surface area contributed by atoms with Gasteiger partial charge in [0.05, 0.1) is 6.61 Å². The standard InChI is InChI=1S/C3H7NOS.C3H4O2/c1-2-5-3(4)6;1-2-3(4)5/h2H2,1H3,(H2,4,6);2H,1H2,(H,4,5). The minimum absolute atomic E-state index is 0.123. The molecule has 0 heterocycles. The molecule has 0 saturated carbocycles. The van der Waals surface area contributed by atoms with Crippen molar-refractivity contribution in [3.63, 3.8) is 0 Å². The summed E-state index contributed by atoms with van der Waals surface area (Å²) in [6.07, 6.45) is 0.833. The topological polar surface area (TPSA) is 72.5 Å². The monoisotopic (exact) mass is 177 g/mol. The second kappa shape index (κ2) is 8.90. The van der Waals surface area contributed by atoms with Crippen molar-refractivity contribution in [2.45, 2.75) is 6.92 Å². The summed E-state index contributed by atoms with van der Waals surface area (Å²) >= 11 is 4.35. The maximum atomic E-state index is 9.25. The molecule has 0 rings (SSSR count).